The summed E-state index contributed by atoms with van der Waals surface area (Å²) in [5.74, 6) is 1.15. The topological polar surface area (TPSA) is 0 Å². The lowest BCUT2D eigenvalue weighted by atomic mass is 10.2. The van der Waals surface area contributed by atoms with Crippen molar-refractivity contribution in [3.63, 3.8) is 0 Å². The third-order valence-corrected chi connectivity index (χ3v) is 3.13. The fraction of sp³-hybridized carbons (Fsp3) is 0.571. The summed E-state index contributed by atoms with van der Waals surface area (Å²) < 4.78 is 0. The molecule has 2 rings (SSSR count). The summed E-state index contributed by atoms with van der Waals surface area (Å²) in [5.41, 5.74) is 2.35. The Kier molecular flexibility index (Phi) is 5.17. The standard InChI is InChI=1S/C8H9Cl.C6H12/c1-6-3-4-7(2)8(9)5-6;1-2-3-6-4-5-6/h3-5H,1-2H3;6H,2-5H2,1H3. The van der Waals surface area contributed by atoms with Crippen molar-refractivity contribution >= 4 is 11.6 Å². The first-order chi connectivity index (χ1) is 7.13. The van der Waals surface area contributed by atoms with Crippen molar-refractivity contribution in [1.29, 1.82) is 0 Å². The van der Waals surface area contributed by atoms with E-state index in [-0.39, 0.29) is 0 Å². The van der Waals surface area contributed by atoms with Crippen molar-refractivity contribution in [3.05, 3.63) is 34.3 Å². The highest BCUT2D eigenvalue weighted by Gasteiger charge is 2.18. The zero-order valence-corrected chi connectivity index (χ0v) is 10.8. The third-order valence-electron chi connectivity index (χ3n) is 2.72. The second-order valence-electron chi connectivity index (χ2n) is 4.48. The lowest BCUT2D eigenvalue weighted by Gasteiger charge is -1.96. The van der Waals surface area contributed by atoms with Crippen LogP contribution in [0.25, 0.3) is 0 Å². The molecule has 1 aliphatic carbocycles. The van der Waals surface area contributed by atoms with E-state index in [1.807, 2.05) is 26.0 Å². The maximum atomic E-state index is 5.81. The highest BCUT2D eigenvalue weighted by Crippen LogP contribution is 2.32. The van der Waals surface area contributed by atoms with E-state index in [0.717, 1.165) is 16.5 Å². The molecule has 0 saturated heterocycles. The molecule has 0 N–H and O–H groups in total. The monoisotopic (exact) mass is 224 g/mol. The summed E-state index contributed by atoms with van der Waals surface area (Å²) in [4.78, 5) is 0. The average Bonchev–Trinajstić information content (AvgIpc) is 2.98. The van der Waals surface area contributed by atoms with Crippen molar-refractivity contribution in [2.45, 2.75) is 46.5 Å². The number of hydrogen-bond acceptors (Lipinski definition) is 0. The molecule has 1 heteroatoms. The van der Waals surface area contributed by atoms with Gasteiger partial charge in [-0.2, -0.15) is 0 Å². The van der Waals surface area contributed by atoms with Gasteiger partial charge in [0, 0.05) is 5.02 Å². The first kappa shape index (κ1) is 12.6. The molecule has 0 amide bonds. The molecule has 0 aliphatic heterocycles. The zero-order chi connectivity index (χ0) is 11.3. The molecule has 1 saturated carbocycles. The van der Waals surface area contributed by atoms with Gasteiger partial charge in [0.1, 0.15) is 0 Å². The summed E-state index contributed by atoms with van der Waals surface area (Å²) in [6, 6.07) is 6.05. The van der Waals surface area contributed by atoms with Crippen LogP contribution in [0.5, 0.6) is 0 Å². The van der Waals surface area contributed by atoms with Gasteiger partial charge in [0.05, 0.1) is 0 Å². The molecule has 0 nitrogen and oxygen atoms in total. The minimum absolute atomic E-state index is 0.856. The first-order valence-corrected chi connectivity index (χ1v) is 6.24. The predicted molar refractivity (Wildman–Crippen MR) is 68.6 cm³/mol. The van der Waals surface area contributed by atoms with Crippen LogP contribution in [-0.2, 0) is 0 Å². The summed E-state index contributed by atoms with van der Waals surface area (Å²) in [7, 11) is 0. The minimum atomic E-state index is 0.856. The van der Waals surface area contributed by atoms with E-state index >= 15 is 0 Å². The normalized spacial score (nSPS) is 14.4. The van der Waals surface area contributed by atoms with Gasteiger partial charge >= 0.3 is 0 Å². The molecule has 0 unspecified atom stereocenters. The number of hydrogen-bond donors (Lipinski definition) is 0. The minimum Gasteiger partial charge on any atom is -0.0840 e. The van der Waals surface area contributed by atoms with Crippen LogP contribution < -0.4 is 0 Å². The van der Waals surface area contributed by atoms with Crippen molar-refractivity contribution in [2.24, 2.45) is 5.92 Å². The van der Waals surface area contributed by atoms with Gasteiger partial charge in [0.25, 0.3) is 0 Å². The maximum Gasteiger partial charge on any atom is 0.0437 e. The van der Waals surface area contributed by atoms with Crippen LogP contribution in [0, 0.1) is 19.8 Å². The Balaban J connectivity index is 0.000000162. The van der Waals surface area contributed by atoms with E-state index in [0.29, 0.717) is 0 Å². The van der Waals surface area contributed by atoms with E-state index in [2.05, 4.69) is 13.0 Å². The molecule has 1 aromatic carbocycles. The first-order valence-electron chi connectivity index (χ1n) is 5.86. The Morgan fingerprint density at radius 3 is 2.27 bits per heavy atom. The molecule has 0 aromatic heterocycles. The summed E-state index contributed by atoms with van der Waals surface area (Å²) in [6.07, 6.45) is 5.92. The molecule has 0 atom stereocenters. The predicted octanol–water partition coefficient (Wildman–Crippen LogP) is 5.15. The molecule has 0 spiro atoms. The maximum absolute atomic E-state index is 5.81. The average molecular weight is 225 g/mol. The second-order valence-corrected chi connectivity index (χ2v) is 4.89. The molecule has 1 aliphatic rings. The van der Waals surface area contributed by atoms with Crippen LogP contribution >= 0.6 is 11.6 Å². The number of aryl methyl sites for hydroxylation is 2. The highest BCUT2D eigenvalue weighted by atomic mass is 35.5. The Morgan fingerprint density at radius 1 is 1.27 bits per heavy atom. The third kappa shape index (κ3) is 5.22. The number of halogens is 1. The van der Waals surface area contributed by atoms with E-state index in [4.69, 9.17) is 11.6 Å². The molecular weight excluding hydrogens is 204 g/mol. The lowest BCUT2D eigenvalue weighted by Crippen LogP contribution is -1.75. The molecule has 1 fully saturated rings. The van der Waals surface area contributed by atoms with Gasteiger partial charge < -0.3 is 0 Å². The molecule has 15 heavy (non-hydrogen) atoms. The summed E-state index contributed by atoms with van der Waals surface area (Å²) in [5, 5.41) is 0.856. The van der Waals surface area contributed by atoms with Crippen LogP contribution in [0.15, 0.2) is 18.2 Å². The lowest BCUT2D eigenvalue weighted by molar-refractivity contribution is 0.708. The Labute approximate surface area is 98.7 Å². The number of benzene rings is 1. The summed E-state index contributed by atoms with van der Waals surface area (Å²) in [6.45, 7) is 6.30. The molecule has 0 radical (unpaired) electrons. The molecule has 84 valence electrons. The van der Waals surface area contributed by atoms with Crippen molar-refractivity contribution in [3.8, 4) is 0 Å². The SMILES string of the molecule is CCCC1CC1.Cc1ccc(C)c(Cl)c1. The fourth-order valence-electron chi connectivity index (χ4n) is 1.51. The Bertz CT molecular complexity index is 300. The molecule has 0 heterocycles. The van der Waals surface area contributed by atoms with Crippen LogP contribution in [0.1, 0.15) is 43.7 Å². The van der Waals surface area contributed by atoms with E-state index in [9.17, 15) is 0 Å². The van der Waals surface area contributed by atoms with Crippen LogP contribution in [0.2, 0.25) is 5.02 Å². The van der Waals surface area contributed by atoms with Gasteiger partial charge in [0.2, 0.25) is 0 Å². The van der Waals surface area contributed by atoms with Crippen molar-refractivity contribution in [2.75, 3.05) is 0 Å². The van der Waals surface area contributed by atoms with Gasteiger partial charge in [-0.3, -0.25) is 0 Å². The van der Waals surface area contributed by atoms with Gasteiger partial charge in [0.15, 0.2) is 0 Å². The number of rotatable bonds is 2. The van der Waals surface area contributed by atoms with E-state index < -0.39 is 0 Å². The quantitative estimate of drug-likeness (QED) is 0.652. The molecule has 0 bridgehead atoms. The van der Waals surface area contributed by atoms with Crippen LogP contribution in [0.3, 0.4) is 0 Å². The molecule has 1 aromatic rings. The largest absolute Gasteiger partial charge is 0.0840 e. The Morgan fingerprint density at radius 2 is 1.93 bits per heavy atom. The highest BCUT2D eigenvalue weighted by molar-refractivity contribution is 6.31. The van der Waals surface area contributed by atoms with E-state index in [1.165, 1.54) is 31.2 Å². The molecular formula is C14H21Cl. The van der Waals surface area contributed by atoms with Crippen LogP contribution in [-0.4, -0.2) is 0 Å². The van der Waals surface area contributed by atoms with Gasteiger partial charge in [-0.05, 0) is 37.0 Å². The smallest absolute Gasteiger partial charge is 0.0437 e. The summed E-state index contributed by atoms with van der Waals surface area (Å²) >= 11 is 5.81. The van der Waals surface area contributed by atoms with Gasteiger partial charge in [-0.1, -0.05) is 56.3 Å². The van der Waals surface area contributed by atoms with E-state index in [1.54, 1.807) is 0 Å². The fourth-order valence-corrected chi connectivity index (χ4v) is 1.75. The van der Waals surface area contributed by atoms with Gasteiger partial charge in [-0.15, -0.1) is 0 Å². The van der Waals surface area contributed by atoms with Gasteiger partial charge in [-0.25, -0.2) is 0 Å². The van der Waals surface area contributed by atoms with Crippen LogP contribution in [0.4, 0.5) is 0 Å². The second kappa shape index (κ2) is 6.17. The Hall–Kier alpha value is -0.490. The van der Waals surface area contributed by atoms with Crippen molar-refractivity contribution in [1.82, 2.24) is 0 Å². The zero-order valence-electron chi connectivity index (χ0n) is 10.0. The van der Waals surface area contributed by atoms with Crippen molar-refractivity contribution < 1.29 is 0 Å².